The molecule has 1 aromatic rings. The Hall–Kier alpha value is -1.74. The van der Waals surface area contributed by atoms with Crippen molar-refractivity contribution in [1.82, 2.24) is 9.55 Å². The lowest BCUT2D eigenvalue weighted by Gasteiger charge is -2.17. The number of aliphatic hydroxyl groups excluding tert-OH is 3. The molecule has 1 aromatic heterocycles. The van der Waals surface area contributed by atoms with Gasteiger partial charge in [-0.2, -0.15) is 0 Å². The zero-order chi connectivity index (χ0) is 14.2. The fourth-order valence-electron chi connectivity index (χ4n) is 1.99. The monoisotopic (exact) mass is 270 g/mol. The number of rotatable bonds is 3. The van der Waals surface area contributed by atoms with Gasteiger partial charge in [-0.1, -0.05) is 6.08 Å². The van der Waals surface area contributed by atoms with Gasteiger partial charge in [-0.25, -0.2) is 9.36 Å². The van der Waals surface area contributed by atoms with Gasteiger partial charge in [0.25, 0.3) is 5.56 Å². The summed E-state index contributed by atoms with van der Waals surface area (Å²) < 4.78 is 5.85. The van der Waals surface area contributed by atoms with E-state index < -0.39 is 41.9 Å². The van der Waals surface area contributed by atoms with E-state index in [0.717, 1.165) is 18.3 Å². The lowest BCUT2D eigenvalue weighted by molar-refractivity contribution is -0.0738. The summed E-state index contributed by atoms with van der Waals surface area (Å²) in [5.74, 6) is 0. The quantitative estimate of drug-likeness (QED) is 0.458. The van der Waals surface area contributed by atoms with Gasteiger partial charge in [0.05, 0.1) is 0 Å². The fourth-order valence-corrected chi connectivity index (χ4v) is 1.99. The van der Waals surface area contributed by atoms with Gasteiger partial charge in [-0.3, -0.25) is 4.79 Å². The first kappa shape index (κ1) is 13.7. The summed E-state index contributed by atoms with van der Waals surface area (Å²) >= 11 is 0. The van der Waals surface area contributed by atoms with Gasteiger partial charge in [0.1, 0.15) is 24.4 Å². The molecule has 0 radical (unpaired) electrons. The van der Waals surface area contributed by atoms with E-state index in [9.17, 15) is 24.9 Å². The van der Waals surface area contributed by atoms with Crippen molar-refractivity contribution < 1.29 is 20.1 Å². The molecule has 19 heavy (non-hydrogen) atoms. The van der Waals surface area contributed by atoms with E-state index in [1.54, 1.807) is 0 Å². The second-order valence-corrected chi connectivity index (χ2v) is 4.19. The van der Waals surface area contributed by atoms with Crippen LogP contribution < -0.4 is 11.2 Å². The van der Waals surface area contributed by atoms with Crippen LogP contribution in [0.3, 0.4) is 0 Å². The zero-order valence-corrected chi connectivity index (χ0v) is 9.84. The number of ether oxygens (including phenoxy) is 1. The van der Waals surface area contributed by atoms with Crippen LogP contribution in [0.5, 0.6) is 0 Å². The first-order valence-electron chi connectivity index (χ1n) is 5.60. The second-order valence-electron chi connectivity index (χ2n) is 4.19. The van der Waals surface area contributed by atoms with Crippen LogP contribution in [0.2, 0.25) is 0 Å². The molecule has 2 heterocycles. The highest BCUT2D eigenvalue weighted by molar-refractivity contribution is 4.99. The first-order valence-corrected chi connectivity index (χ1v) is 5.60. The highest BCUT2D eigenvalue weighted by Crippen LogP contribution is 2.29. The number of nitrogens with one attached hydrogen (secondary N) is 1. The summed E-state index contributed by atoms with van der Waals surface area (Å²) in [6.45, 7) is 3.34. The van der Waals surface area contributed by atoms with E-state index in [1.165, 1.54) is 0 Å². The Labute approximate surface area is 107 Å². The van der Waals surface area contributed by atoms with Crippen molar-refractivity contribution in [2.45, 2.75) is 30.6 Å². The smallest absolute Gasteiger partial charge is 0.330 e. The molecule has 1 aliphatic heterocycles. The summed E-state index contributed by atoms with van der Waals surface area (Å²) in [6.07, 6.45) is -4.43. The van der Waals surface area contributed by atoms with Crippen LogP contribution in [-0.4, -0.2) is 49.3 Å². The van der Waals surface area contributed by atoms with Crippen molar-refractivity contribution >= 4 is 0 Å². The molecule has 4 N–H and O–H groups in total. The van der Waals surface area contributed by atoms with Crippen LogP contribution >= 0.6 is 0 Å². The Bertz CT molecular complexity index is 551. The Balaban J connectivity index is 2.40. The molecular weight excluding hydrogens is 256 g/mol. The van der Waals surface area contributed by atoms with Crippen LogP contribution in [0.15, 0.2) is 34.5 Å². The van der Waals surface area contributed by atoms with E-state index >= 15 is 0 Å². The summed E-state index contributed by atoms with van der Waals surface area (Å²) in [5, 5.41) is 29.2. The summed E-state index contributed by atoms with van der Waals surface area (Å²) in [4.78, 5) is 25.5. The molecule has 0 spiro atoms. The molecular formula is C11H14N2O6. The molecule has 0 saturated carbocycles. The molecule has 1 aliphatic rings. The van der Waals surface area contributed by atoms with E-state index in [4.69, 9.17) is 4.74 Å². The molecule has 0 amide bonds. The molecule has 2 rings (SSSR count). The molecule has 0 aromatic carbocycles. The highest BCUT2D eigenvalue weighted by atomic mass is 16.6. The lowest BCUT2D eigenvalue weighted by atomic mass is 10.1. The third kappa shape index (κ3) is 2.26. The van der Waals surface area contributed by atoms with Crippen molar-refractivity contribution in [2.75, 3.05) is 0 Å². The molecule has 0 bridgehead atoms. The number of hydrogen-bond donors (Lipinski definition) is 4. The van der Waals surface area contributed by atoms with Crippen LogP contribution in [-0.2, 0) is 4.74 Å². The Kier molecular flexibility index (Phi) is 3.67. The predicted octanol–water partition coefficient (Wildman–Crippen LogP) is -2.30. The third-order valence-electron chi connectivity index (χ3n) is 3.00. The van der Waals surface area contributed by atoms with Gasteiger partial charge in [0.2, 0.25) is 0 Å². The number of nitrogens with zero attached hydrogens (tertiary/aromatic N) is 1. The Morgan fingerprint density at radius 2 is 2.11 bits per heavy atom. The second kappa shape index (κ2) is 5.10. The number of aliphatic hydroxyl groups is 3. The molecule has 2 unspecified atom stereocenters. The Morgan fingerprint density at radius 3 is 2.68 bits per heavy atom. The number of aromatic amines is 1. The lowest BCUT2D eigenvalue weighted by Crippen LogP contribution is -2.42. The first-order chi connectivity index (χ1) is 8.97. The van der Waals surface area contributed by atoms with Crippen molar-refractivity contribution in [2.24, 2.45) is 0 Å². The molecule has 104 valence electrons. The van der Waals surface area contributed by atoms with E-state index in [-0.39, 0.29) is 0 Å². The van der Waals surface area contributed by atoms with Crippen LogP contribution in [0.4, 0.5) is 0 Å². The van der Waals surface area contributed by atoms with E-state index in [2.05, 4.69) is 11.6 Å². The standard InChI is InChI=1S/C11H14N2O6/c1-2-5(14)9-7(16)8(17)10(19-9)13-6(15)3-4-12-11(13)18/h2-5,7-10,14,16-17H,1H2,(H,12,18)/t5?,7-,8-,9+,10?/m0/s1. The van der Waals surface area contributed by atoms with Gasteiger partial charge in [0, 0.05) is 12.3 Å². The minimum Gasteiger partial charge on any atom is -0.387 e. The molecule has 8 heteroatoms. The summed E-state index contributed by atoms with van der Waals surface area (Å²) in [5.41, 5.74) is -1.47. The van der Waals surface area contributed by atoms with Crippen molar-refractivity contribution in [1.29, 1.82) is 0 Å². The maximum atomic E-state index is 11.6. The summed E-state index contributed by atoms with van der Waals surface area (Å²) in [7, 11) is 0. The average Bonchev–Trinajstić information content (AvgIpc) is 2.66. The predicted molar refractivity (Wildman–Crippen MR) is 63.5 cm³/mol. The number of hydrogen-bond acceptors (Lipinski definition) is 6. The third-order valence-corrected chi connectivity index (χ3v) is 3.00. The molecule has 0 aliphatic carbocycles. The summed E-state index contributed by atoms with van der Waals surface area (Å²) in [6, 6.07) is 1.08. The van der Waals surface area contributed by atoms with Crippen molar-refractivity contribution in [3.8, 4) is 0 Å². The molecule has 8 nitrogen and oxygen atoms in total. The highest BCUT2D eigenvalue weighted by Gasteiger charge is 2.47. The fraction of sp³-hybridized carbons (Fsp3) is 0.455. The topological polar surface area (TPSA) is 125 Å². The maximum Gasteiger partial charge on any atom is 0.330 e. The van der Waals surface area contributed by atoms with Gasteiger partial charge in [-0.15, -0.1) is 6.58 Å². The molecule has 1 saturated heterocycles. The van der Waals surface area contributed by atoms with Crippen molar-refractivity contribution in [3.05, 3.63) is 45.8 Å². The number of H-pyrrole nitrogens is 1. The normalized spacial score (nSPS) is 32.2. The Morgan fingerprint density at radius 1 is 1.42 bits per heavy atom. The van der Waals surface area contributed by atoms with Gasteiger partial charge >= 0.3 is 5.69 Å². The molecule has 1 fully saturated rings. The molecule has 5 atom stereocenters. The zero-order valence-electron chi connectivity index (χ0n) is 9.84. The maximum absolute atomic E-state index is 11.6. The van der Waals surface area contributed by atoms with Gasteiger partial charge in [0.15, 0.2) is 6.23 Å². The SMILES string of the molecule is C=CC(O)[C@H]1OC(n2c(=O)cc[nH]c2=O)[C@@H](O)[C@@H]1O. The van der Waals surface area contributed by atoms with E-state index in [1.807, 2.05) is 0 Å². The minimum atomic E-state index is -1.51. The van der Waals surface area contributed by atoms with Crippen LogP contribution in [0.25, 0.3) is 0 Å². The van der Waals surface area contributed by atoms with Crippen LogP contribution in [0, 0.1) is 0 Å². The average molecular weight is 270 g/mol. The largest absolute Gasteiger partial charge is 0.387 e. The minimum absolute atomic E-state index is 0.643. The van der Waals surface area contributed by atoms with Gasteiger partial charge < -0.3 is 25.0 Å². The number of aromatic nitrogens is 2. The van der Waals surface area contributed by atoms with Crippen LogP contribution in [0.1, 0.15) is 6.23 Å². The van der Waals surface area contributed by atoms with Crippen molar-refractivity contribution in [3.63, 3.8) is 0 Å². The van der Waals surface area contributed by atoms with Gasteiger partial charge in [-0.05, 0) is 0 Å². The van der Waals surface area contributed by atoms with E-state index in [0.29, 0.717) is 4.57 Å².